The second kappa shape index (κ2) is 6.78. The average molecular weight is 274 g/mol. The summed E-state index contributed by atoms with van der Waals surface area (Å²) in [6.07, 6.45) is 4.68. The van der Waals surface area contributed by atoms with Crippen molar-refractivity contribution in [1.29, 1.82) is 0 Å². The van der Waals surface area contributed by atoms with Gasteiger partial charge in [0.1, 0.15) is 6.04 Å². The van der Waals surface area contributed by atoms with Crippen LogP contribution < -0.4 is 10.6 Å². The maximum Gasteiger partial charge on any atom is 0.242 e. The fourth-order valence-electron chi connectivity index (χ4n) is 2.70. The van der Waals surface area contributed by atoms with Gasteiger partial charge >= 0.3 is 0 Å². The standard InChI is InChI=1S/C17H26N2O/c1-12-4-8-15(9-5-12)18-14(3)17(20)19-16-10-6-13(2)7-11-16/h4-5,8-9,13-14,16,18H,6-7,10-11H2,1-3H3,(H,19,20). The molecule has 0 heterocycles. The van der Waals surface area contributed by atoms with Gasteiger partial charge < -0.3 is 10.6 Å². The highest BCUT2D eigenvalue weighted by atomic mass is 16.2. The number of carbonyl (C=O) groups is 1. The molecule has 0 radical (unpaired) electrons. The van der Waals surface area contributed by atoms with Crippen molar-refractivity contribution in [2.24, 2.45) is 5.92 Å². The molecule has 2 rings (SSSR count). The van der Waals surface area contributed by atoms with Crippen LogP contribution in [0.2, 0.25) is 0 Å². The van der Waals surface area contributed by atoms with Crippen molar-refractivity contribution in [3.05, 3.63) is 29.8 Å². The first-order valence-corrected chi connectivity index (χ1v) is 7.68. The molecule has 0 aliphatic heterocycles. The SMILES string of the molecule is Cc1ccc(NC(C)C(=O)NC2CCC(C)CC2)cc1. The lowest BCUT2D eigenvalue weighted by Gasteiger charge is -2.28. The van der Waals surface area contributed by atoms with Crippen LogP contribution in [0.25, 0.3) is 0 Å². The summed E-state index contributed by atoms with van der Waals surface area (Å²) in [4.78, 5) is 12.2. The van der Waals surface area contributed by atoms with E-state index in [1.165, 1.54) is 18.4 Å². The number of nitrogens with one attached hydrogen (secondary N) is 2. The van der Waals surface area contributed by atoms with E-state index in [1.54, 1.807) is 0 Å². The van der Waals surface area contributed by atoms with Gasteiger partial charge in [-0.3, -0.25) is 4.79 Å². The third-order valence-electron chi connectivity index (χ3n) is 4.19. The van der Waals surface area contributed by atoms with Crippen LogP contribution in [-0.4, -0.2) is 18.0 Å². The van der Waals surface area contributed by atoms with E-state index in [0.717, 1.165) is 24.4 Å². The van der Waals surface area contributed by atoms with E-state index in [2.05, 4.69) is 36.6 Å². The maximum absolute atomic E-state index is 12.2. The quantitative estimate of drug-likeness (QED) is 0.882. The van der Waals surface area contributed by atoms with Crippen LogP contribution in [0.5, 0.6) is 0 Å². The van der Waals surface area contributed by atoms with Crippen LogP contribution in [0.3, 0.4) is 0 Å². The minimum Gasteiger partial charge on any atom is -0.374 e. The van der Waals surface area contributed by atoms with E-state index in [1.807, 2.05) is 19.1 Å². The van der Waals surface area contributed by atoms with Crippen molar-refractivity contribution < 1.29 is 4.79 Å². The molecule has 1 amide bonds. The number of benzene rings is 1. The minimum atomic E-state index is -0.197. The van der Waals surface area contributed by atoms with Crippen LogP contribution in [-0.2, 0) is 4.79 Å². The van der Waals surface area contributed by atoms with Crippen molar-refractivity contribution in [3.8, 4) is 0 Å². The number of hydrogen-bond donors (Lipinski definition) is 2. The molecule has 1 atom stereocenters. The zero-order valence-corrected chi connectivity index (χ0v) is 12.8. The van der Waals surface area contributed by atoms with E-state index in [-0.39, 0.29) is 11.9 Å². The molecule has 1 unspecified atom stereocenters. The summed E-state index contributed by atoms with van der Waals surface area (Å²) in [5.74, 6) is 0.913. The van der Waals surface area contributed by atoms with Gasteiger partial charge in [-0.05, 0) is 57.6 Å². The monoisotopic (exact) mass is 274 g/mol. The number of hydrogen-bond acceptors (Lipinski definition) is 2. The van der Waals surface area contributed by atoms with Gasteiger partial charge in [0.25, 0.3) is 0 Å². The van der Waals surface area contributed by atoms with Crippen molar-refractivity contribution >= 4 is 11.6 Å². The molecule has 1 aromatic carbocycles. The first-order chi connectivity index (χ1) is 9.54. The molecule has 3 nitrogen and oxygen atoms in total. The first kappa shape index (κ1) is 14.9. The van der Waals surface area contributed by atoms with E-state index < -0.39 is 0 Å². The van der Waals surface area contributed by atoms with Gasteiger partial charge in [0.15, 0.2) is 0 Å². The molecule has 1 aliphatic carbocycles. The predicted molar refractivity (Wildman–Crippen MR) is 83.8 cm³/mol. The Balaban J connectivity index is 1.81. The van der Waals surface area contributed by atoms with Gasteiger partial charge in [-0.2, -0.15) is 0 Å². The van der Waals surface area contributed by atoms with Crippen LogP contribution in [0.15, 0.2) is 24.3 Å². The lowest BCUT2D eigenvalue weighted by molar-refractivity contribution is -0.122. The summed E-state index contributed by atoms with van der Waals surface area (Å²) >= 11 is 0. The van der Waals surface area contributed by atoms with Gasteiger partial charge in [-0.1, -0.05) is 24.6 Å². The topological polar surface area (TPSA) is 41.1 Å². The Hall–Kier alpha value is -1.51. The highest BCUT2D eigenvalue weighted by Gasteiger charge is 2.21. The van der Waals surface area contributed by atoms with Gasteiger partial charge in [0.05, 0.1) is 0 Å². The summed E-state index contributed by atoms with van der Waals surface area (Å²) in [6.45, 7) is 6.27. The summed E-state index contributed by atoms with van der Waals surface area (Å²) in [7, 11) is 0. The normalized spacial score (nSPS) is 23.9. The molecular formula is C17H26N2O. The van der Waals surface area contributed by atoms with Crippen LogP contribution in [0.4, 0.5) is 5.69 Å². The fourth-order valence-corrected chi connectivity index (χ4v) is 2.70. The molecule has 20 heavy (non-hydrogen) atoms. The zero-order valence-electron chi connectivity index (χ0n) is 12.8. The first-order valence-electron chi connectivity index (χ1n) is 7.68. The Morgan fingerprint density at radius 3 is 2.35 bits per heavy atom. The number of amides is 1. The molecule has 1 saturated carbocycles. The van der Waals surface area contributed by atoms with Crippen LogP contribution in [0.1, 0.15) is 45.1 Å². The van der Waals surface area contributed by atoms with E-state index in [4.69, 9.17) is 0 Å². The van der Waals surface area contributed by atoms with Gasteiger partial charge in [0, 0.05) is 11.7 Å². The molecule has 1 aromatic rings. The van der Waals surface area contributed by atoms with E-state index in [9.17, 15) is 4.79 Å². The minimum absolute atomic E-state index is 0.102. The largest absolute Gasteiger partial charge is 0.374 e. The molecule has 1 fully saturated rings. The Bertz CT molecular complexity index is 433. The highest BCUT2D eigenvalue weighted by Crippen LogP contribution is 2.23. The van der Waals surface area contributed by atoms with Crippen molar-refractivity contribution in [1.82, 2.24) is 5.32 Å². The zero-order chi connectivity index (χ0) is 14.5. The molecule has 0 bridgehead atoms. The Kier molecular flexibility index (Phi) is 5.05. The van der Waals surface area contributed by atoms with Crippen LogP contribution >= 0.6 is 0 Å². The Morgan fingerprint density at radius 1 is 1.15 bits per heavy atom. The fraction of sp³-hybridized carbons (Fsp3) is 0.588. The molecule has 1 aliphatic rings. The third kappa shape index (κ3) is 4.26. The summed E-state index contributed by atoms with van der Waals surface area (Å²) in [5, 5.41) is 6.42. The molecule has 0 saturated heterocycles. The number of rotatable bonds is 4. The van der Waals surface area contributed by atoms with E-state index >= 15 is 0 Å². The number of anilines is 1. The second-order valence-corrected chi connectivity index (χ2v) is 6.20. The molecular weight excluding hydrogens is 248 g/mol. The smallest absolute Gasteiger partial charge is 0.242 e. The number of carbonyl (C=O) groups excluding carboxylic acids is 1. The summed E-state index contributed by atoms with van der Waals surface area (Å²) < 4.78 is 0. The Labute approximate surface area is 122 Å². The molecule has 2 N–H and O–H groups in total. The van der Waals surface area contributed by atoms with Gasteiger partial charge in [-0.25, -0.2) is 0 Å². The maximum atomic E-state index is 12.2. The molecule has 0 spiro atoms. The summed E-state index contributed by atoms with van der Waals surface area (Å²) in [5.41, 5.74) is 2.22. The molecule has 3 heteroatoms. The molecule has 110 valence electrons. The highest BCUT2D eigenvalue weighted by molar-refractivity contribution is 5.84. The van der Waals surface area contributed by atoms with Crippen molar-refractivity contribution in [2.45, 2.75) is 58.5 Å². The Morgan fingerprint density at radius 2 is 1.75 bits per heavy atom. The molecule has 0 aromatic heterocycles. The van der Waals surface area contributed by atoms with Gasteiger partial charge in [-0.15, -0.1) is 0 Å². The van der Waals surface area contributed by atoms with E-state index in [0.29, 0.717) is 6.04 Å². The summed E-state index contributed by atoms with van der Waals surface area (Å²) in [6, 6.07) is 8.30. The lowest BCUT2D eigenvalue weighted by atomic mass is 9.87. The van der Waals surface area contributed by atoms with Crippen molar-refractivity contribution in [2.75, 3.05) is 5.32 Å². The van der Waals surface area contributed by atoms with Crippen molar-refractivity contribution in [3.63, 3.8) is 0 Å². The lowest BCUT2D eigenvalue weighted by Crippen LogP contribution is -2.44. The second-order valence-electron chi connectivity index (χ2n) is 6.20. The average Bonchev–Trinajstić information content (AvgIpc) is 2.44. The predicted octanol–water partition coefficient (Wildman–Crippen LogP) is 3.49. The third-order valence-corrected chi connectivity index (χ3v) is 4.19. The number of aryl methyl sites for hydroxylation is 1. The van der Waals surface area contributed by atoms with Gasteiger partial charge in [0.2, 0.25) is 5.91 Å². The van der Waals surface area contributed by atoms with Crippen LogP contribution in [0, 0.1) is 12.8 Å².